The molecule has 7 heteroatoms. The Balaban J connectivity index is 1.26. The van der Waals surface area contributed by atoms with Crippen LogP contribution in [0.15, 0.2) is 84.1 Å². The standard InChI is InChI=1S/C26H21FN2O3S/c27-26-18(4-5-19-15-28-12-10-22(19)26)13-25(30)24-14-23(24)17-6-8-21(9-7-17)33(31,32)16-20-3-1-2-11-29-20/h1-12,15,23-24H,13-14,16H2/t23-,24+/m0/s1. The maximum atomic E-state index is 14.8. The van der Waals surface area contributed by atoms with Gasteiger partial charge in [0.05, 0.1) is 16.3 Å². The van der Waals surface area contributed by atoms with Crippen LogP contribution in [-0.2, 0) is 26.8 Å². The summed E-state index contributed by atoms with van der Waals surface area (Å²) in [4.78, 5) is 21.1. The molecule has 4 aromatic rings. The minimum atomic E-state index is -3.50. The van der Waals surface area contributed by atoms with E-state index in [1.54, 1.807) is 73.1 Å². The van der Waals surface area contributed by atoms with E-state index in [9.17, 15) is 17.6 Å². The van der Waals surface area contributed by atoms with Crippen LogP contribution in [0.1, 0.15) is 29.2 Å². The van der Waals surface area contributed by atoms with Crippen molar-refractivity contribution in [2.45, 2.75) is 29.4 Å². The molecule has 0 unspecified atom stereocenters. The molecule has 5 rings (SSSR count). The average Bonchev–Trinajstić information content (AvgIpc) is 3.63. The lowest BCUT2D eigenvalue weighted by molar-refractivity contribution is -0.119. The summed E-state index contributed by atoms with van der Waals surface area (Å²) >= 11 is 0. The van der Waals surface area contributed by atoms with Crippen molar-refractivity contribution in [2.24, 2.45) is 5.92 Å². The lowest BCUT2D eigenvalue weighted by atomic mass is 10.00. The summed E-state index contributed by atoms with van der Waals surface area (Å²) in [7, 11) is -3.50. The van der Waals surface area contributed by atoms with Crippen molar-refractivity contribution < 1.29 is 17.6 Å². The summed E-state index contributed by atoms with van der Waals surface area (Å²) in [6.45, 7) is 0. The van der Waals surface area contributed by atoms with Crippen molar-refractivity contribution in [1.82, 2.24) is 9.97 Å². The van der Waals surface area contributed by atoms with E-state index in [2.05, 4.69) is 9.97 Å². The number of pyridine rings is 2. The highest BCUT2D eigenvalue weighted by molar-refractivity contribution is 7.90. The van der Waals surface area contributed by atoms with Gasteiger partial charge in [-0.2, -0.15) is 0 Å². The molecule has 33 heavy (non-hydrogen) atoms. The van der Waals surface area contributed by atoms with Crippen molar-refractivity contribution in [3.05, 3.63) is 102 Å². The molecule has 166 valence electrons. The zero-order chi connectivity index (χ0) is 23.0. The highest BCUT2D eigenvalue weighted by Gasteiger charge is 2.43. The lowest BCUT2D eigenvalue weighted by Crippen LogP contribution is -2.08. The van der Waals surface area contributed by atoms with Gasteiger partial charge < -0.3 is 0 Å². The molecule has 2 aromatic heterocycles. The number of carbonyl (C=O) groups is 1. The molecule has 5 nitrogen and oxygen atoms in total. The number of Topliss-reactive ketones (excluding diaryl/α,β-unsaturated/α-hetero) is 1. The predicted molar refractivity (Wildman–Crippen MR) is 123 cm³/mol. The molecule has 1 saturated carbocycles. The second-order valence-corrected chi connectivity index (χ2v) is 10.4. The Labute approximate surface area is 191 Å². The molecule has 0 spiro atoms. The summed E-state index contributed by atoms with van der Waals surface area (Å²) in [6.07, 6.45) is 5.44. The van der Waals surface area contributed by atoms with Gasteiger partial charge in [-0.3, -0.25) is 14.8 Å². The first-order valence-corrected chi connectivity index (χ1v) is 12.3. The molecule has 0 amide bonds. The fourth-order valence-electron chi connectivity index (χ4n) is 4.23. The molecule has 1 aliphatic carbocycles. The number of carbonyl (C=O) groups excluding carboxylic acids is 1. The van der Waals surface area contributed by atoms with Crippen LogP contribution in [0.4, 0.5) is 4.39 Å². The molecule has 0 bridgehead atoms. The number of rotatable bonds is 7. The zero-order valence-corrected chi connectivity index (χ0v) is 18.5. The average molecular weight is 461 g/mol. The van der Waals surface area contributed by atoms with E-state index in [4.69, 9.17) is 0 Å². The largest absolute Gasteiger partial charge is 0.299 e. The third kappa shape index (κ3) is 4.41. The summed E-state index contributed by atoms with van der Waals surface area (Å²) in [5.41, 5.74) is 1.81. The van der Waals surface area contributed by atoms with Crippen LogP contribution in [0.3, 0.4) is 0 Å². The Bertz CT molecular complexity index is 1440. The third-order valence-electron chi connectivity index (χ3n) is 6.13. The van der Waals surface area contributed by atoms with E-state index < -0.39 is 9.84 Å². The van der Waals surface area contributed by atoms with Crippen LogP contribution >= 0.6 is 0 Å². The van der Waals surface area contributed by atoms with Gasteiger partial charge >= 0.3 is 0 Å². The Kier molecular flexibility index (Phi) is 5.50. The van der Waals surface area contributed by atoms with E-state index in [1.165, 1.54) is 6.20 Å². The molecule has 2 aromatic carbocycles. The second-order valence-electron chi connectivity index (χ2n) is 8.38. The first kappa shape index (κ1) is 21.4. The molecule has 1 aliphatic rings. The minimum Gasteiger partial charge on any atom is -0.299 e. The molecule has 2 atom stereocenters. The normalized spacial score (nSPS) is 17.7. The number of ketones is 1. The second kappa shape index (κ2) is 8.48. The Morgan fingerprint density at radius 2 is 1.82 bits per heavy atom. The van der Waals surface area contributed by atoms with E-state index in [1.807, 2.05) is 0 Å². The Morgan fingerprint density at radius 3 is 2.58 bits per heavy atom. The molecule has 0 radical (unpaired) electrons. The summed E-state index contributed by atoms with van der Waals surface area (Å²) < 4.78 is 40.1. The maximum absolute atomic E-state index is 14.8. The van der Waals surface area contributed by atoms with Crippen LogP contribution in [0.25, 0.3) is 10.8 Å². The summed E-state index contributed by atoms with van der Waals surface area (Å²) in [6, 6.07) is 16.9. The Hall–Kier alpha value is -3.45. The minimum absolute atomic E-state index is 0.000781. The zero-order valence-electron chi connectivity index (χ0n) is 17.7. The topological polar surface area (TPSA) is 77.0 Å². The number of benzene rings is 2. The van der Waals surface area contributed by atoms with Crippen molar-refractivity contribution in [3.8, 4) is 0 Å². The summed E-state index contributed by atoms with van der Waals surface area (Å²) in [5.74, 6) is -0.668. The number of hydrogen-bond donors (Lipinski definition) is 0. The fourth-order valence-corrected chi connectivity index (χ4v) is 5.51. The number of sulfone groups is 1. The van der Waals surface area contributed by atoms with Crippen molar-refractivity contribution >= 4 is 26.4 Å². The number of fused-ring (bicyclic) bond motifs is 1. The molecular formula is C26H21FN2O3S. The van der Waals surface area contributed by atoms with E-state index in [-0.39, 0.29) is 40.5 Å². The third-order valence-corrected chi connectivity index (χ3v) is 7.80. The van der Waals surface area contributed by atoms with Crippen molar-refractivity contribution in [3.63, 3.8) is 0 Å². The Morgan fingerprint density at radius 1 is 1.00 bits per heavy atom. The van der Waals surface area contributed by atoms with Gasteiger partial charge in [-0.1, -0.05) is 30.3 Å². The van der Waals surface area contributed by atoms with Gasteiger partial charge in [-0.05, 0) is 53.8 Å². The monoisotopic (exact) mass is 460 g/mol. The van der Waals surface area contributed by atoms with Gasteiger partial charge in [-0.15, -0.1) is 0 Å². The first-order chi connectivity index (χ1) is 15.9. The smallest absolute Gasteiger partial charge is 0.184 e. The van der Waals surface area contributed by atoms with Crippen molar-refractivity contribution in [1.29, 1.82) is 0 Å². The maximum Gasteiger partial charge on any atom is 0.184 e. The number of nitrogens with zero attached hydrogens (tertiary/aromatic N) is 2. The molecule has 0 saturated heterocycles. The van der Waals surface area contributed by atoms with E-state index >= 15 is 0 Å². The number of aromatic nitrogens is 2. The van der Waals surface area contributed by atoms with Gasteiger partial charge in [0.25, 0.3) is 0 Å². The quantitative estimate of drug-likeness (QED) is 0.401. The van der Waals surface area contributed by atoms with Gasteiger partial charge in [0, 0.05) is 41.7 Å². The first-order valence-electron chi connectivity index (χ1n) is 10.7. The molecule has 2 heterocycles. The number of halogens is 1. The van der Waals surface area contributed by atoms with E-state index in [0.717, 1.165) is 5.56 Å². The highest BCUT2D eigenvalue weighted by atomic mass is 32.2. The van der Waals surface area contributed by atoms with Gasteiger partial charge in [0.2, 0.25) is 0 Å². The van der Waals surface area contributed by atoms with Crippen molar-refractivity contribution in [2.75, 3.05) is 0 Å². The van der Waals surface area contributed by atoms with Crippen LogP contribution in [0.2, 0.25) is 0 Å². The molecule has 0 aliphatic heterocycles. The molecule has 1 fully saturated rings. The van der Waals surface area contributed by atoms with E-state index in [0.29, 0.717) is 28.5 Å². The predicted octanol–water partition coefficient (Wildman–Crippen LogP) is 4.66. The highest BCUT2D eigenvalue weighted by Crippen LogP contribution is 2.48. The van der Waals surface area contributed by atoms with Crippen LogP contribution in [-0.4, -0.2) is 24.2 Å². The number of hydrogen-bond acceptors (Lipinski definition) is 5. The molecular weight excluding hydrogens is 439 g/mol. The summed E-state index contributed by atoms with van der Waals surface area (Å²) in [5, 5.41) is 1.17. The van der Waals surface area contributed by atoms with Crippen LogP contribution in [0.5, 0.6) is 0 Å². The SMILES string of the molecule is O=C(Cc1ccc2cnccc2c1F)[C@@H]1C[C@H]1c1ccc(S(=O)(=O)Cc2ccccn2)cc1. The van der Waals surface area contributed by atoms with Crippen LogP contribution < -0.4 is 0 Å². The van der Waals surface area contributed by atoms with Gasteiger partial charge in [-0.25, -0.2) is 12.8 Å². The lowest BCUT2D eigenvalue weighted by Gasteiger charge is -2.07. The fraction of sp³-hybridized carbons (Fsp3) is 0.192. The molecule has 0 N–H and O–H groups in total. The van der Waals surface area contributed by atoms with Gasteiger partial charge in [0.1, 0.15) is 11.6 Å². The van der Waals surface area contributed by atoms with Gasteiger partial charge in [0.15, 0.2) is 9.84 Å². The van der Waals surface area contributed by atoms with Crippen LogP contribution in [0, 0.1) is 11.7 Å².